The van der Waals surface area contributed by atoms with Gasteiger partial charge >= 0.3 is 5.97 Å². The van der Waals surface area contributed by atoms with Gasteiger partial charge in [-0.15, -0.1) is 11.3 Å². The number of amides is 1. The number of hydrogen-bond donors (Lipinski definition) is 1. The first kappa shape index (κ1) is 16.7. The number of pyridine rings is 1. The van der Waals surface area contributed by atoms with Gasteiger partial charge in [0, 0.05) is 17.2 Å². The van der Waals surface area contributed by atoms with E-state index in [1.54, 1.807) is 18.2 Å². The van der Waals surface area contributed by atoms with Crippen molar-refractivity contribution in [3.8, 4) is 0 Å². The number of ether oxygens (including phenoxy) is 1. The van der Waals surface area contributed by atoms with E-state index in [1.165, 1.54) is 23.6 Å². The SMILES string of the molecule is O=C(COC(=O)/C=C/c1ccc(Br)s1)Nc1cccnc1Cl. The number of halogens is 2. The highest BCUT2D eigenvalue weighted by molar-refractivity contribution is 9.11. The summed E-state index contributed by atoms with van der Waals surface area (Å²) in [5.41, 5.74) is 0.365. The Morgan fingerprint density at radius 1 is 1.41 bits per heavy atom. The molecule has 8 heteroatoms. The van der Waals surface area contributed by atoms with Crippen LogP contribution in [0.15, 0.2) is 40.3 Å². The van der Waals surface area contributed by atoms with Crippen molar-refractivity contribution in [3.05, 3.63) is 50.4 Å². The summed E-state index contributed by atoms with van der Waals surface area (Å²) in [6, 6.07) is 6.97. The standard InChI is InChI=1S/C14H10BrClN2O3S/c15-11-5-3-9(22-11)4-6-13(20)21-8-12(19)18-10-2-1-7-17-14(10)16/h1-7H,8H2,(H,18,19)/b6-4+. The molecule has 2 aromatic heterocycles. The number of anilines is 1. The Morgan fingerprint density at radius 3 is 2.91 bits per heavy atom. The van der Waals surface area contributed by atoms with E-state index in [0.29, 0.717) is 5.69 Å². The van der Waals surface area contributed by atoms with E-state index in [1.807, 2.05) is 12.1 Å². The van der Waals surface area contributed by atoms with Crippen molar-refractivity contribution in [3.63, 3.8) is 0 Å². The van der Waals surface area contributed by atoms with E-state index in [4.69, 9.17) is 16.3 Å². The predicted octanol–water partition coefficient (Wildman–Crippen LogP) is 3.75. The van der Waals surface area contributed by atoms with Crippen LogP contribution < -0.4 is 5.32 Å². The molecule has 0 unspecified atom stereocenters. The van der Waals surface area contributed by atoms with Gasteiger partial charge in [0.2, 0.25) is 0 Å². The number of nitrogens with zero attached hydrogens (tertiary/aromatic N) is 1. The van der Waals surface area contributed by atoms with Gasteiger partial charge in [-0.1, -0.05) is 11.6 Å². The molecule has 0 aliphatic carbocycles. The molecule has 0 aliphatic rings. The molecule has 2 aromatic rings. The van der Waals surface area contributed by atoms with Gasteiger partial charge in [-0.3, -0.25) is 4.79 Å². The lowest BCUT2D eigenvalue weighted by Gasteiger charge is -2.06. The van der Waals surface area contributed by atoms with Gasteiger partial charge in [0.15, 0.2) is 11.8 Å². The monoisotopic (exact) mass is 400 g/mol. The van der Waals surface area contributed by atoms with E-state index in [-0.39, 0.29) is 5.15 Å². The minimum atomic E-state index is -0.600. The highest BCUT2D eigenvalue weighted by atomic mass is 79.9. The van der Waals surface area contributed by atoms with Gasteiger partial charge in [0.25, 0.3) is 5.91 Å². The number of aromatic nitrogens is 1. The maximum absolute atomic E-state index is 11.6. The maximum atomic E-state index is 11.6. The summed E-state index contributed by atoms with van der Waals surface area (Å²) < 4.78 is 5.80. The minimum Gasteiger partial charge on any atom is -0.452 e. The summed E-state index contributed by atoms with van der Waals surface area (Å²) in [6.07, 6.45) is 4.39. The summed E-state index contributed by atoms with van der Waals surface area (Å²) in [5, 5.41) is 2.68. The van der Waals surface area contributed by atoms with Gasteiger partial charge in [0.1, 0.15) is 0 Å². The third kappa shape index (κ3) is 5.25. The smallest absolute Gasteiger partial charge is 0.331 e. The normalized spacial score (nSPS) is 10.6. The topological polar surface area (TPSA) is 68.3 Å². The Bertz CT molecular complexity index is 718. The van der Waals surface area contributed by atoms with Crippen LogP contribution in [0, 0.1) is 0 Å². The quantitative estimate of drug-likeness (QED) is 0.471. The molecule has 0 aromatic carbocycles. The van der Waals surface area contributed by atoms with Gasteiger partial charge < -0.3 is 10.1 Å². The third-order valence-electron chi connectivity index (χ3n) is 2.36. The van der Waals surface area contributed by atoms with E-state index in [2.05, 4.69) is 26.2 Å². The highest BCUT2D eigenvalue weighted by Gasteiger charge is 2.08. The summed E-state index contributed by atoms with van der Waals surface area (Å²) >= 11 is 10.6. The van der Waals surface area contributed by atoms with Crippen molar-refractivity contribution >= 4 is 62.5 Å². The van der Waals surface area contributed by atoms with Crippen LogP contribution in [0.5, 0.6) is 0 Å². The van der Waals surface area contributed by atoms with Crippen molar-refractivity contribution in [1.82, 2.24) is 4.98 Å². The first-order valence-corrected chi connectivity index (χ1v) is 8.04. The lowest BCUT2D eigenvalue weighted by Crippen LogP contribution is -2.20. The number of rotatable bonds is 5. The molecule has 114 valence electrons. The second-order valence-electron chi connectivity index (χ2n) is 3.97. The molecule has 0 aliphatic heterocycles. The zero-order chi connectivity index (χ0) is 15.9. The fourth-order valence-electron chi connectivity index (χ4n) is 1.42. The number of carbonyl (C=O) groups is 2. The maximum Gasteiger partial charge on any atom is 0.331 e. The minimum absolute atomic E-state index is 0.172. The van der Waals surface area contributed by atoms with Crippen molar-refractivity contribution in [2.24, 2.45) is 0 Å². The van der Waals surface area contributed by atoms with E-state index >= 15 is 0 Å². The van der Waals surface area contributed by atoms with Crippen molar-refractivity contribution in [1.29, 1.82) is 0 Å². The van der Waals surface area contributed by atoms with Crippen LogP contribution in [0.25, 0.3) is 6.08 Å². The Hall–Kier alpha value is -1.70. The van der Waals surface area contributed by atoms with Crippen molar-refractivity contribution in [2.45, 2.75) is 0 Å². The molecule has 0 fully saturated rings. The molecular formula is C14H10BrClN2O3S. The predicted molar refractivity (Wildman–Crippen MR) is 89.9 cm³/mol. The van der Waals surface area contributed by atoms with Crippen LogP contribution in [0.3, 0.4) is 0 Å². The molecule has 2 heterocycles. The van der Waals surface area contributed by atoms with Crippen molar-refractivity contribution < 1.29 is 14.3 Å². The molecule has 2 rings (SSSR count). The number of thiophene rings is 1. The molecule has 1 N–H and O–H groups in total. The Balaban J connectivity index is 1.80. The lowest BCUT2D eigenvalue weighted by atomic mass is 10.4. The van der Waals surface area contributed by atoms with Crippen LogP contribution >= 0.6 is 38.9 Å². The average Bonchev–Trinajstić information content (AvgIpc) is 2.91. The summed E-state index contributed by atoms with van der Waals surface area (Å²) in [5.74, 6) is -1.09. The molecule has 0 spiro atoms. The van der Waals surface area contributed by atoms with Gasteiger partial charge in [-0.25, -0.2) is 9.78 Å². The largest absolute Gasteiger partial charge is 0.452 e. The van der Waals surface area contributed by atoms with Crippen LogP contribution in [0.2, 0.25) is 5.15 Å². The third-order valence-corrected chi connectivity index (χ3v) is 4.25. The molecule has 1 amide bonds. The second kappa shape index (κ2) is 8.07. The van der Waals surface area contributed by atoms with E-state index < -0.39 is 18.5 Å². The average molecular weight is 402 g/mol. The zero-order valence-electron chi connectivity index (χ0n) is 11.1. The zero-order valence-corrected chi connectivity index (χ0v) is 14.2. The Morgan fingerprint density at radius 2 is 2.23 bits per heavy atom. The molecular weight excluding hydrogens is 392 g/mol. The second-order valence-corrected chi connectivity index (χ2v) is 6.83. The molecule has 5 nitrogen and oxygen atoms in total. The first-order valence-electron chi connectivity index (χ1n) is 6.05. The number of carbonyl (C=O) groups excluding carboxylic acids is 2. The molecule has 0 bridgehead atoms. The molecule has 0 saturated carbocycles. The van der Waals surface area contributed by atoms with Gasteiger partial charge in [-0.05, 0) is 46.3 Å². The highest BCUT2D eigenvalue weighted by Crippen LogP contribution is 2.23. The summed E-state index contributed by atoms with van der Waals surface area (Å²) in [7, 11) is 0. The summed E-state index contributed by atoms with van der Waals surface area (Å²) in [6.45, 7) is -0.400. The number of hydrogen-bond acceptors (Lipinski definition) is 5. The van der Waals surface area contributed by atoms with Crippen LogP contribution in [-0.2, 0) is 14.3 Å². The number of nitrogens with one attached hydrogen (secondary N) is 1. The van der Waals surface area contributed by atoms with Crippen molar-refractivity contribution in [2.75, 3.05) is 11.9 Å². The van der Waals surface area contributed by atoms with Gasteiger partial charge in [-0.2, -0.15) is 0 Å². The summed E-state index contributed by atoms with van der Waals surface area (Å²) in [4.78, 5) is 27.9. The van der Waals surface area contributed by atoms with Crippen LogP contribution in [-0.4, -0.2) is 23.5 Å². The molecule has 22 heavy (non-hydrogen) atoms. The Kier molecular flexibility index (Phi) is 6.11. The molecule has 0 saturated heterocycles. The van der Waals surface area contributed by atoms with Crippen LogP contribution in [0.4, 0.5) is 5.69 Å². The first-order chi connectivity index (χ1) is 10.5. The lowest BCUT2D eigenvalue weighted by molar-refractivity contribution is -0.142. The number of esters is 1. The van der Waals surface area contributed by atoms with Gasteiger partial charge in [0.05, 0.1) is 9.47 Å². The van der Waals surface area contributed by atoms with E-state index in [0.717, 1.165) is 8.66 Å². The fourth-order valence-corrected chi connectivity index (χ4v) is 2.91. The van der Waals surface area contributed by atoms with E-state index in [9.17, 15) is 9.59 Å². The Labute approximate surface area is 144 Å². The van der Waals surface area contributed by atoms with Crippen LogP contribution in [0.1, 0.15) is 4.88 Å². The fraction of sp³-hybridized carbons (Fsp3) is 0.0714. The molecule has 0 atom stereocenters. The molecule has 0 radical (unpaired) electrons.